The van der Waals surface area contributed by atoms with Crippen LogP contribution in [0.15, 0.2) is 0 Å². The summed E-state index contributed by atoms with van der Waals surface area (Å²) in [5.41, 5.74) is 0. The average molecular weight is 332 g/mol. The van der Waals surface area contributed by atoms with E-state index in [2.05, 4.69) is 4.18 Å². The fourth-order valence-corrected chi connectivity index (χ4v) is 3.55. The molecule has 0 N–H and O–H groups in total. The zero-order chi connectivity index (χ0) is 16.0. The first kappa shape index (κ1) is 20.0. The minimum Gasteiger partial charge on any atom is -0.363 e. The van der Waals surface area contributed by atoms with Crippen molar-refractivity contribution in [3.05, 3.63) is 0 Å². The van der Waals surface area contributed by atoms with Crippen molar-refractivity contribution in [1.82, 2.24) is 0 Å². The molecule has 0 spiro atoms. The largest absolute Gasteiger partial charge is 0.363 e. The fourth-order valence-electron chi connectivity index (χ4n) is 1.21. The molecule has 0 amide bonds. The predicted molar refractivity (Wildman–Crippen MR) is 76.3 cm³/mol. The minimum atomic E-state index is -3.52. The summed E-state index contributed by atoms with van der Waals surface area (Å²) in [7, 11) is -6.90. The first-order chi connectivity index (χ1) is 8.93. The summed E-state index contributed by atoms with van der Waals surface area (Å²) < 4.78 is 54.6. The molecule has 122 valence electrons. The summed E-state index contributed by atoms with van der Waals surface area (Å²) in [4.78, 5) is 0. The first-order valence-corrected chi connectivity index (χ1v) is 9.90. The van der Waals surface area contributed by atoms with Crippen LogP contribution in [0.5, 0.6) is 0 Å². The Kier molecular flexibility index (Phi) is 8.47. The summed E-state index contributed by atoms with van der Waals surface area (Å²) in [6, 6.07) is 0. The van der Waals surface area contributed by atoms with Crippen LogP contribution in [-0.4, -0.2) is 45.9 Å². The summed E-state index contributed by atoms with van der Waals surface area (Å²) in [6.45, 7) is 8.43. The normalized spacial score (nSPS) is 15.0. The molecule has 1 atom stereocenters. The van der Waals surface area contributed by atoms with Crippen LogP contribution in [0.2, 0.25) is 0 Å². The Bertz CT molecular complexity index is 404. The van der Waals surface area contributed by atoms with Gasteiger partial charge in [0.2, 0.25) is 0 Å². The van der Waals surface area contributed by atoms with Crippen LogP contribution in [-0.2, 0) is 32.7 Å². The van der Waals surface area contributed by atoms with E-state index in [9.17, 15) is 13.0 Å². The number of rotatable bonds is 10. The van der Waals surface area contributed by atoms with Crippen LogP contribution >= 0.6 is 7.60 Å². The monoisotopic (exact) mass is 332 g/mol. The van der Waals surface area contributed by atoms with E-state index in [1.54, 1.807) is 34.6 Å². The lowest BCUT2D eigenvalue weighted by atomic mass is 10.4. The van der Waals surface area contributed by atoms with E-state index < -0.39 is 23.8 Å². The standard InChI is InChI=1S/C11H25O7PS/c1-9(2)17-19(12,18-10(3)4)8-15-11(5)7-16-20(6,13)14/h9-11H,7-8H2,1-6H3. The van der Waals surface area contributed by atoms with Gasteiger partial charge in [0.25, 0.3) is 10.1 Å². The quantitative estimate of drug-likeness (QED) is 0.448. The highest BCUT2D eigenvalue weighted by Crippen LogP contribution is 2.50. The van der Waals surface area contributed by atoms with Crippen molar-refractivity contribution in [3.8, 4) is 0 Å². The SMILES string of the molecule is CC(C)OP(=O)(COC(C)COS(C)(=O)=O)OC(C)C. The van der Waals surface area contributed by atoms with Crippen molar-refractivity contribution in [1.29, 1.82) is 0 Å². The molecule has 0 aromatic rings. The second kappa shape index (κ2) is 8.46. The van der Waals surface area contributed by atoms with E-state index in [1.165, 1.54) is 0 Å². The number of hydrogen-bond acceptors (Lipinski definition) is 7. The van der Waals surface area contributed by atoms with Gasteiger partial charge in [-0.25, -0.2) is 0 Å². The molecule has 0 fully saturated rings. The minimum absolute atomic E-state index is 0.151. The van der Waals surface area contributed by atoms with Crippen molar-refractivity contribution < 1.29 is 31.0 Å². The number of ether oxygens (including phenoxy) is 1. The van der Waals surface area contributed by atoms with Gasteiger partial charge in [-0.1, -0.05) is 0 Å². The fraction of sp³-hybridized carbons (Fsp3) is 1.00. The molecule has 1 unspecified atom stereocenters. The molecule has 0 aromatic carbocycles. The molecule has 0 aromatic heterocycles. The molecule has 0 bridgehead atoms. The van der Waals surface area contributed by atoms with Gasteiger partial charge in [-0.15, -0.1) is 0 Å². The maximum absolute atomic E-state index is 12.4. The maximum Gasteiger partial charge on any atom is 0.356 e. The van der Waals surface area contributed by atoms with Crippen LogP contribution in [0.3, 0.4) is 0 Å². The molecule has 0 rings (SSSR count). The average Bonchev–Trinajstić information content (AvgIpc) is 2.20. The Morgan fingerprint density at radius 2 is 1.45 bits per heavy atom. The molecule has 0 aliphatic heterocycles. The zero-order valence-electron chi connectivity index (χ0n) is 12.9. The van der Waals surface area contributed by atoms with Crippen molar-refractivity contribution in [2.45, 2.75) is 52.9 Å². The summed E-state index contributed by atoms with van der Waals surface area (Å²) >= 11 is 0. The molecular weight excluding hydrogens is 307 g/mol. The van der Waals surface area contributed by atoms with Gasteiger partial charge in [0.05, 0.1) is 31.2 Å². The van der Waals surface area contributed by atoms with E-state index in [0.29, 0.717) is 0 Å². The molecule has 0 radical (unpaired) electrons. The van der Waals surface area contributed by atoms with E-state index in [0.717, 1.165) is 6.26 Å². The molecule has 20 heavy (non-hydrogen) atoms. The maximum atomic E-state index is 12.4. The highest BCUT2D eigenvalue weighted by atomic mass is 32.2. The van der Waals surface area contributed by atoms with Gasteiger partial charge in [0.1, 0.15) is 6.35 Å². The third kappa shape index (κ3) is 10.8. The van der Waals surface area contributed by atoms with Crippen LogP contribution in [0.25, 0.3) is 0 Å². The van der Waals surface area contributed by atoms with Gasteiger partial charge < -0.3 is 13.8 Å². The third-order valence-electron chi connectivity index (χ3n) is 1.78. The lowest BCUT2D eigenvalue weighted by Gasteiger charge is -2.24. The van der Waals surface area contributed by atoms with Crippen molar-refractivity contribution in [2.24, 2.45) is 0 Å². The molecule has 0 aliphatic carbocycles. The topological polar surface area (TPSA) is 88.1 Å². The van der Waals surface area contributed by atoms with Crippen molar-refractivity contribution in [3.63, 3.8) is 0 Å². The predicted octanol–water partition coefficient (Wildman–Crippen LogP) is 2.37. The molecule has 0 heterocycles. The van der Waals surface area contributed by atoms with Gasteiger partial charge in [-0.3, -0.25) is 8.75 Å². The summed E-state index contributed by atoms with van der Waals surface area (Å²) in [5, 5.41) is 0. The molecule has 0 aliphatic rings. The second-order valence-electron chi connectivity index (χ2n) is 5.01. The van der Waals surface area contributed by atoms with Gasteiger partial charge in [-0.2, -0.15) is 8.42 Å². The van der Waals surface area contributed by atoms with Crippen LogP contribution < -0.4 is 0 Å². The lowest BCUT2D eigenvalue weighted by Crippen LogP contribution is -2.21. The zero-order valence-corrected chi connectivity index (χ0v) is 14.6. The summed E-state index contributed by atoms with van der Waals surface area (Å²) in [5.74, 6) is 0. The molecule has 0 saturated heterocycles. The third-order valence-corrected chi connectivity index (χ3v) is 4.29. The second-order valence-corrected chi connectivity index (χ2v) is 8.56. The van der Waals surface area contributed by atoms with Crippen molar-refractivity contribution in [2.75, 3.05) is 19.2 Å². The van der Waals surface area contributed by atoms with Gasteiger partial charge >= 0.3 is 7.60 Å². The Morgan fingerprint density at radius 1 is 1.00 bits per heavy atom. The smallest absolute Gasteiger partial charge is 0.356 e. The Morgan fingerprint density at radius 3 is 1.80 bits per heavy atom. The first-order valence-electron chi connectivity index (χ1n) is 6.35. The van der Waals surface area contributed by atoms with Crippen LogP contribution in [0, 0.1) is 0 Å². The highest BCUT2D eigenvalue weighted by molar-refractivity contribution is 7.85. The van der Waals surface area contributed by atoms with Gasteiger partial charge in [0.15, 0.2) is 0 Å². The van der Waals surface area contributed by atoms with Gasteiger partial charge in [-0.05, 0) is 34.6 Å². The van der Waals surface area contributed by atoms with Crippen LogP contribution in [0.1, 0.15) is 34.6 Å². The van der Waals surface area contributed by atoms with Crippen molar-refractivity contribution >= 4 is 17.7 Å². The van der Waals surface area contributed by atoms with E-state index in [-0.39, 0.29) is 25.2 Å². The molecule has 0 saturated carbocycles. The lowest BCUT2D eigenvalue weighted by molar-refractivity contribution is 0.0385. The van der Waals surface area contributed by atoms with E-state index in [1.807, 2.05) is 0 Å². The Labute approximate surface area is 121 Å². The van der Waals surface area contributed by atoms with E-state index in [4.69, 9.17) is 13.8 Å². The highest BCUT2D eigenvalue weighted by Gasteiger charge is 2.29. The molecule has 7 nitrogen and oxygen atoms in total. The Hall–Kier alpha value is 0.0200. The van der Waals surface area contributed by atoms with Gasteiger partial charge in [0, 0.05) is 0 Å². The summed E-state index contributed by atoms with van der Waals surface area (Å²) in [6.07, 6.45) is -0.396. The Balaban J connectivity index is 4.42. The number of hydrogen-bond donors (Lipinski definition) is 0. The van der Waals surface area contributed by atoms with Crippen LogP contribution in [0.4, 0.5) is 0 Å². The molecular formula is C11H25O7PS. The molecule has 9 heteroatoms. The van der Waals surface area contributed by atoms with E-state index >= 15 is 0 Å².